The number of nitrogens with zero attached hydrogens (tertiary/aromatic N) is 2. The first-order chi connectivity index (χ1) is 17.1. The van der Waals surface area contributed by atoms with Gasteiger partial charge in [-0.25, -0.2) is 0 Å². The maximum absolute atomic E-state index is 12.8. The number of hydrogen-bond donors (Lipinski definition) is 1. The van der Waals surface area contributed by atoms with Crippen molar-refractivity contribution >= 4 is 46.7 Å². The monoisotopic (exact) mass is 487 g/mol. The number of ether oxygens (including phenoxy) is 2. The van der Waals surface area contributed by atoms with Crippen molar-refractivity contribution in [2.75, 3.05) is 25.0 Å². The summed E-state index contributed by atoms with van der Waals surface area (Å²) in [6, 6.07) is 19.2. The lowest BCUT2D eigenvalue weighted by molar-refractivity contribution is 0.101. The molecule has 0 spiro atoms. The van der Waals surface area contributed by atoms with Gasteiger partial charge in [-0.1, -0.05) is 12.1 Å². The number of aromatic nitrogens is 1. The summed E-state index contributed by atoms with van der Waals surface area (Å²) < 4.78 is 14.8. The summed E-state index contributed by atoms with van der Waals surface area (Å²) in [5.41, 5.74) is 3.38. The number of thiophene rings is 1. The Morgan fingerprint density at radius 1 is 1.11 bits per heavy atom. The van der Waals surface area contributed by atoms with Crippen LogP contribution >= 0.6 is 11.3 Å². The number of nitrogens with one attached hydrogen (secondary N) is 1. The van der Waals surface area contributed by atoms with E-state index in [0.29, 0.717) is 32.2 Å². The van der Waals surface area contributed by atoms with E-state index in [1.54, 1.807) is 11.3 Å². The van der Waals surface area contributed by atoms with Crippen LogP contribution in [0.4, 0.5) is 5.69 Å². The fraction of sp³-hybridized carbons (Fsp3) is 0.231. The van der Waals surface area contributed by atoms with Crippen molar-refractivity contribution in [1.82, 2.24) is 9.38 Å². The van der Waals surface area contributed by atoms with Gasteiger partial charge in [0.2, 0.25) is 0 Å². The molecule has 1 N–H and O–H groups in total. The lowest BCUT2D eigenvalue weighted by Gasteiger charge is -2.37. The summed E-state index contributed by atoms with van der Waals surface area (Å²) in [6.45, 7) is 2.85. The highest BCUT2D eigenvalue weighted by molar-refractivity contribution is 7.17. The lowest BCUT2D eigenvalue weighted by atomic mass is 9.85. The van der Waals surface area contributed by atoms with E-state index in [4.69, 9.17) is 9.47 Å². The molecular weight excluding hydrogens is 461 g/mol. The van der Waals surface area contributed by atoms with Gasteiger partial charge >= 0.3 is 0 Å². The maximum Gasteiger partial charge on any atom is 0.281 e. The van der Waals surface area contributed by atoms with Crippen LogP contribution in [-0.4, -0.2) is 48.6 Å². The van der Waals surface area contributed by atoms with Gasteiger partial charge in [0.15, 0.2) is 0 Å². The van der Waals surface area contributed by atoms with Crippen molar-refractivity contribution in [2.24, 2.45) is 13.0 Å². The Hall–Kier alpha value is -3.56. The van der Waals surface area contributed by atoms with Gasteiger partial charge in [0, 0.05) is 18.7 Å². The van der Waals surface area contributed by atoms with E-state index in [-0.39, 0.29) is 5.91 Å². The standard InChI is InChI=1S/C26H26BN3O4S/c1-29-23-9-10-35-25(23)12-24(29)26(32)28-20-4-2-3-18(11-20)15-33-21-5-7-22(8-6-21)34-16-19-13-30(14-19)27-17-31/h2-12,17,19,27H,13-16H2,1H3,(H,28,32). The zero-order valence-corrected chi connectivity index (χ0v) is 20.3. The van der Waals surface area contributed by atoms with Crippen LogP contribution in [0, 0.1) is 5.92 Å². The number of carbonyl (C=O) groups excluding carboxylic acids is 2. The predicted octanol–water partition coefficient (Wildman–Crippen LogP) is 3.92. The van der Waals surface area contributed by atoms with Gasteiger partial charge in [-0.3, -0.25) is 4.79 Å². The molecular formula is C26H26BN3O4S. The van der Waals surface area contributed by atoms with Gasteiger partial charge in [0.05, 0.1) is 23.0 Å². The molecule has 9 heteroatoms. The molecule has 178 valence electrons. The van der Waals surface area contributed by atoms with Crippen molar-refractivity contribution < 1.29 is 19.1 Å². The second kappa shape index (κ2) is 10.4. The minimum absolute atomic E-state index is 0.136. The highest BCUT2D eigenvalue weighted by Gasteiger charge is 2.26. The molecule has 0 saturated carbocycles. The molecule has 1 amide bonds. The fourth-order valence-electron chi connectivity index (χ4n) is 4.25. The van der Waals surface area contributed by atoms with E-state index in [1.165, 1.54) is 0 Å². The molecule has 2 aromatic carbocycles. The Morgan fingerprint density at radius 3 is 2.63 bits per heavy atom. The van der Waals surface area contributed by atoms with Crippen LogP contribution in [0.25, 0.3) is 10.2 Å². The lowest BCUT2D eigenvalue weighted by Crippen LogP contribution is -2.51. The Bertz CT molecular complexity index is 1330. The van der Waals surface area contributed by atoms with Crippen molar-refractivity contribution in [1.29, 1.82) is 0 Å². The van der Waals surface area contributed by atoms with E-state index in [0.717, 1.165) is 52.2 Å². The molecule has 5 rings (SSSR count). The number of carbonyl (C=O) groups is 2. The second-order valence-corrected chi connectivity index (χ2v) is 9.68. The zero-order valence-electron chi connectivity index (χ0n) is 19.5. The quantitative estimate of drug-likeness (QED) is 0.271. The van der Waals surface area contributed by atoms with E-state index in [2.05, 4.69) is 10.1 Å². The molecule has 4 aromatic rings. The fourth-order valence-corrected chi connectivity index (χ4v) is 5.10. The summed E-state index contributed by atoms with van der Waals surface area (Å²) in [5, 5.41) is 5.02. The summed E-state index contributed by atoms with van der Waals surface area (Å²) in [7, 11) is 2.41. The molecule has 0 aliphatic carbocycles. The number of anilines is 1. The van der Waals surface area contributed by atoms with E-state index >= 15 is 0 Å². The first kappa shape index (κ1) is 23.2. The van der Waals surface area contributed by atoms with Gasteiger partial charge in [-0.15, -0.1) is 11.3 Å². The zero-order chi connectivity index (χ0) is 24.2. The van der Waals surface area contributed by atoms with E-state index in [1.807, 2.05) is 77.7 Å². The van der Waals surface area contributed by atoms with E-state index < -0.39 is 0 Å². The van der Waals surface area contributed by atoms with Crippen LogP contribution in [-0.2, 0) is 18.4 Å². The van der Waals surface area contributed by atoms with Gasteiger partial charge < -0.3 is 29.0 Å². The number of fused-ring (bicyclic) bond motifs is 1. The first-order valence-electron chi connectivity index (χ1n) is 11.5. The molecule has 7 nitrogen and oxygen atoms in total. The summed E-state index contributed by atoms with van der Waals surface area (Å²) >= 11 is 1.63. The third kappa shape index (κ3) is 5.42. The molecule has 0 bridgehead atoms. The van der Waals surface area contributed by atoms with Crippen LogP contribution in [0.3, 0.4) is 0 Å². The highest BCUT2D eigenvalue weighted by atomic mass is 32.1. The summed E-state index contributed by atoms with van der Waals surface area (Å²) in [5.74, 6) is 1.88. The third-order valence-electron chi connectivity index (χ3n) is 6.16. The van der Waals surface area contributed by atoms with Gasteiger partial charge in [0.25, 0.3) is 13.3 Å². The van der Waals surface area contributed by atoms with Crippen molar-refractivity contribution in [2.45, 2.75) is 6.61 Å². The molecule has 2 aromatic heterocycles. The normalized spacial score (nSPS) is 13.9. The molecule has 1 fully saturated rings. The highest BCUT2D eigenvalue weighted by Crippen LogP contribution is 2.25. The van der Waals surface area contributed by atoms with Crippen LogP contribution < -0.4 is 14.8 Å². The number of aryl methyl sites for hydroxylation is 1. The average molecular weight is 487 g/mol. The smallest absolute Gasteiger partial charge is 0.281 e. The SMILES string of the molecule is Cn1c(C(=O)Nc2cccc(COc3ccc(OCC4CN(BC=O)C4)cc3)c2)cc2sccc21. The van der Waals surface area contributed by atoms with Crippen LogP contribution in [0.5, 0.6) is 11.5 Å². The molecule has 1 aliphatic heterocycles. The Balaban J connectivity index is 1.11. The maximum atomic E-state index is 12.8. The molecule has 0 unspecified atom stereocenters. The molecule has 0 atom stereocenters. The minimum atomic E-state index is -0.136. The summed E-state index contributed by atoms with van der Waals surface area (Å²) in [6.07, 6.45) is 0.939. The molecule has 1 aliphatic rings. The topological polar surface area (TPSA) is 72.8 Å². The Morgan fingerprint density at radius 2 is 1.89 bits per heavy atom. The summed E-state index contributed by atoms with van der Waals surface area (Å²) in [4.78, 5) is 25.4. The number of amides is 1. The van der Waals surface area contributed by atoms with E-state index in [9.17, 15) is 9.59 Å². The minimum Gasteiger partial charge on any atom is -0.493 e. The van der Waals surface area contributed by atoms with Crippen LogP contribution in [0.1, 0.15) is 16.1 Å². The van der Waals surface area contributed by atoms with Crippen LogP contribution in [0.15, 0.2) is 66.0 Å². The average Bonchev–Trinajstić information content (AvgIpc) is 3.43. The molecule has 3 heterocycles. The predicted molar refractivity (Wildman–Crippen MR) is 140 cm³/mol. The first-order valence-corrected chi connectivity index (χ1v) is 12.4. The van der Waals surface area contributed by atoms with Gasteiger partial charge in [-0.2, -0.15) is 0 Å². The third-order valence-corrected chi connectivity index (χ3v) is 7.01. The largest absolute Gasteiger partial charge is 0.493 e. The van der Waals surface area contributed by atoms with Crippen LogP contribution in [0.2, 0.25) is 0 Å². The van der Waals surface area contributed by atoms with Crippen molar-refractivity contribution in [3.05, 3.63) is 77.3 Å². The molecule has 1 saturated heterocycles. The second-order valence-electron chi connectivity index (χ2n) is 8.74. The number of rotatable bonds is 10. The van der Waals surface area contributed by atoms with Crippen molar-refractivity contribution in [3.63, 3.8) is 0 Å². The molecule has 0 radical (unpaired) electrons. The van der Waals surface area contributed by atoms with Gasteiger partial charge in [-0.05, 0) is 72.6 Å². The number of benzene rings is 2. The Kier molecular flexibility index (Phi) is 6.88. The molecule has 35 heavy (non-hydrogen) atoms. The van der Waals surface area contributed by atoms with Crippen molar-refractivity contribution in [3.8, 4) is 11.5 Å². The Labute approximate surface area is 208 Å². The number of hydrogen-bond acceptors (Lipinski definition) is 6. The van der Waals surface area contributed by atoms with Gasteiger partial charge in [0.1, 0.15) is 23.8 Å².